The van der Waals surface area contributed by atoms with Crippen LogP contribution in [0.4, 0.5) is 4.39 Å². The summed E-state index contributed by atoms with van der Waals surface area (Å²) in [5.74, 6) is -1.17. The molecule has 0 spiro atoms. The Morgan fingerprint density at radius 2 is 2.00 bits per heavy atom. The van der Waals surface area contributed by atoms with Crippen molar-refractivity contribution in [2.24, 2.45) is 0 Å². The summed E-state index contributed by atoms with van der Waals surface area (Å²) in [6.07, 6.45) is 0. The molecule has 3 N–H and O–H groups in total. The molecule has 6 heteroatoms. The van der Waals surface area contributed by atoms with E-state index in [9.17, 15) is 9.18 Å². The monoisotopic (exact) mass is 287 g/mol. The second kappa shape index (κ2) is 6.52. The molecule has 0 radical (unpaired) electrons. The van der Waals surface area contributed by atoms with Crippen molar-refractivity contribution >= 4 is 18.5 Å². The smallest absolute Gasteiger partial charge is 0.423 e. The maximum atomic E-state index is 13.4. The minimum atomic E-state index is -1.82. The van der Waals surface area contributed by atoms with Gasteiger partial charge in [-0.05, 0) is 36.1 Å². The van der Waals surface area contributed by atoms with Gasteiger partial charge in [-0.25, -0.2) is 4.39 Å². The number of hydrogen-bond donors (Lipinski definition) is 3. The van der Waals surface area contributed by atoms with Gasteiger partial charge in [0.05, 0.1) is 0 Å². The van der Waals surface area contributed by atoms with Crippen LogP contribution in [0.1, 0.15) is 21.5 Å². The van der Waals surface area contributed by atoms with Crippen LogP contribution >= 0.6 is 0 Å². The Labute approximate surface area is 122 Å². The summed E-state index contributed by atoms with van der Waals surface area (Å²) in [6, 6.07) is 10.9. The largest absolute Gasteiger partial charge is 0.488 e. The maximum absolute atomic E-state index is 13.4. The Morgan fingerprint density at radius 1 is 1.24 bits per heavy atom. The molecule has 0 unspecified atom stereocenters. The van der Waals surface area contributed by atoms with E-state index < -0.39 is 18.8 Å². The van der Waals surface area contributed by atoms with E-state index in [1.54, 1.807) is 0 Å². The summed E-state index contributed by atoms with van der Waals surface area (Å²) < 4.78 is 13.4. The third-order valence-electron chi connectivity index (χ3n) is 3.02. The first kappa shape index (κ1) is 15.2. The van der Waals surface area contributed by atoms with Gasteiger partial charge in [0.2, 0.25) is 0 Å². The Balaban J connectivity index is 2.10. The van der Waals surface area contributed by atoms with E-state index in [0.29, 0.717) is 6.54 Å². The summed E-state index contributed by atoms with van der Waals surface area (Å²) in [7, 11) is -1.82. The lowest BCUT2D eigenvalue weighted by atomic mass is 9.79. The highest BCUT2D eigenvalue weighted by Crippen LogP contribution is 2.06. The average molecular weight is 287 g/mol. The number of nitrogens with one attached hydrogen (secondary N) is 1. The fourth-order valence-electron chi connectivity index (χ4n) is 2.00. The number of amides is 1. The van der Waals surface area contributed by atoms with Gasteiger partial charge >= 0.3 is 7.12 Å². The number of aryl methyl sites for hydroxylation is 1. The molecule has 0 aliphatic heterocycles. The number of carbonyl (C=O) groups excluding carboxylic acids is 1. The van der Waals surface area contributed by atoms with Crippen molar-refractivity contribution in [2.75, 3.05) is 0 Å². The molecule has 0 saturated heterocycles. The highest BCUT2D eigenvalue weighted by atomic mass is 19.1. The van der Waals surface area contributed by atoms with Gasteiger partial charge in [0.15, 0.2) is 0 Å². The molecule has 2 aromatic carbocycles. The van der Waals surface area contributed by atoms with Crippen LogP contribution in [0.5, 0.6) is 0 Å². The Morgan fingerprint density at radius 3 is 2.67 bits per heavy atom. The second-order valence-corrected chi connectivity index (χ2v) is 4.82. The number of hydrogen-bond acceptors (Lipinski definition) is 3. The molecule has 2 rings (SSSR count). The lowest BCUT2D eigenvalue weighted by molar-refractivity contribution is 0.0950. The van der Waals surface area contributed by atoms with E-state index in [2.05, 4.69) is 5.32 Å². The highest BCUT2D eigenvalue weighted by Gasteiger charge is 2.16. The first-order valence-corrected chi connectivity index (χ1v) is 6.46. The molecule has 0 aliphatic carbocycles. The highest BCUT2D eigenvalue weighted by molar-refractivity contribution is 6.58. The summed E-state index contributed by atoms with van der Waals surface area (Å²) >= 11 is 0. The molecule has 21 heavy (non-hydrogen) atoms. The van der Waals surface area contributed by atoms with Crippen LogP contribution in [-0.4, -0.2) is 23.1 Å². The van der Waals surface area contributed by atoms with Crippen molar-refractivity contribution in [3.63, 3.8) is 0 Å². The molecule has 108 valence electrons. The molecule has 0 aromatic heterocycles. The number of rotatable bonds is 4. The third-order valence-corrected chi connectivity index (χ3v) is 3.02. The van der Waals surface area contributed by atoms with Crippen molar-refractivity contribution in [2.45, 2.75) is 13.5 Å². The van der Waals surface area contributed by atoms with E-state index in [1.165, 1.54) is 6.07 Å². The SMILES string of the molecule is Cc1cccc(CNC(=O)c2cc(F)cc(B(O)O)c2)c1. The average Bonchev–Trinajstić information content (AvgIpc) is 2.44. The maximum Gasteiger partial charge on any atom is 0.488 e. The topological polar surface area (TPSA) is 69.6 Å². The Kier molecular flexibility index (Phi) is 4.72. The molecule has 0 saturated carbocycles. The predicted molar refractivity (Wildman–Crippen MR) is 78.6 cm³/mol. The molecule has 0 bridgehead atoms. The number of benzene rings is 2. The molecule has 0 fully saturated rings. The predicted octanol–water partition coefficient (Wildman–Crippen LogP) is 0.744. The standard InChI is InChI=1S/C15H15BFNO3/c1-10-3-2-4-11(5-10)9-18-15(19)12-6-13(16(20)21)8-14(17)7-12/h2-8,20-21H,9H2,1H3,(H,18,19). The lowest BCUT2D eigenvalue weighted by Crippen LogP contribution is -2.32. The fraction of sp³-hybridized carbons (Fsp3) is 0.133. The second-order valence-electron chi connectivity index (χ2n) is 4.82. The molecular weight excluding hydrogens is 272 g/mol. The van der Waals surface area contributed by atoms with E-state index in [0.717, 1.165) is 23.3 Å². The minimum absolute atomic E-state index is 0.0470. The Hall–Kier alpha value is -2.18. The van der Waals surface area contributed by atoms with Crippen LogP contribution < -0.4 is 10.8 Å². The zero-order valence-electron chi connectivity index (χ0n) is 11.5. The van der Waals surface area contributed by atoms with Crippen molar-refractivity contribution < 1.29 is 19.2 Å². The van der Waals surface area contributed by atoms with Crippen LogP contribution in [0, 0.1) is 12.7 Å². The van der Waals surface area contributed by atoms with Gasteiger partial charge in [0.25, 0.3) is 5.91 Å². The zero-order chi connectivity index (χ0) is 15.4. The van der Waals surface area contributed by atoms with Gasteiger partial charge in [-0.1, -0.05) is 29.8 Å². The quantitative estimate of drug-likeness (QED) is 0.727. The first-order valence-electron chi connectivity index (χ1n) is 6.46. The number of halogens is 1. The third kappa shape index (κ3) is 4.14. The van der Waals surface area contributed by atoms with Gasteiger partial charge in [0, 0.05) is 12.1 Å². The van der Waals surface area contributed by atoms with Crippen molar-refractivity contribution in [3.8, 4) is 0 Å². The molecular formula is C15H15BFNO3. The lowest BCUT2D eigenvalue weighted by Gasteiger charge is -2.08. The van der Waals surface area contributed by atoms with Crippen LogP contribution in [-0.2, 0) is 6.54 Å². The van der Waals surface area contributed by atoms with Gasteiger partial charge in [-0.15, -0.1) is 0 Å². The van der Waals surface area contributed by atoms with Crippen molar-refractivity contribution in [3.05, 3.63) is 65.0 Å². The van der Waals surface area contributed by atoms with Gasteiger partial charge in [0.1, 0.15) is 5.82 Å². The van der Waals surface area contributed by atoms with Crippen LogP contribution in [0.15, 0.2) is 42.5 Å². The molecule has 0 atom stereocenters. The molecule has 4 nitrogen and oxygen atoms in total. The number of carbonyl (C=O) groups is 1. The van der Waals surface area contributed by atoms with Crippen LogP contribution in [0.2, 0.25) is 0 Å². The fourth-order valence-corrected chi connectivity index (χ4v) is 2.00. The first-order chi connectivity index (χ1) is 9.95. The van der Waals surface area contributed by atoms with Gasteiger partial charge in [-0.2, -0.15) is 0 Å². The normalized spacial score (nSPS) is 10.3. The molecule has 0 aliphatic rings. The van der Waals surface area contributed by atoms with E-state index in [1.807, 2.05) is 31.2 Å². The van der Waals surface area contributed by atoms with Gasteiger partial charge in [-0.3, -0.25) is 4.79 Å². The van der Waals surface area contributed by atoms with Crippen molar-refractivity contribution in [1.29, 1.82) is 0 Å². The zero-order valence-corrected chi connectivity index (χ0v) is 11.5. The summed E-state index contributed by atoms with van der Waals surface area (Å²) in [5, 5.41) is 20.8. The van der Waals surface area contributed by atoms with Crippen LogP contribution in [0.3, 0.4) is 0 Å². The molecule has 1 amide bonds. The van der Waals surface area contributed by atoms with E-state index >= 15 is 0 Å². The van der Waals surface area contributed by atoms with Crippen molar-refractivity contribution in [1.82, 2.24) is 5.32 Å². The Bertz CT molecular complexity index is 661. The summed E-state index contributed by atoms with van der Waals surface area (Å²) in [4.78, 5) is 12.0. The molecule has 2 aromatic rings. The van der Waals surface area contributed by atoms with Crippen LogP contribution in [0.25, 0.3) is 0 Å². The van der Waals surface area contributed by atoms with E-state index in [4.69, 9.17) is 10.0 Å². The minimum Gasteiger partial charge on any atom is -0.423 e. The summed E-state index contributed by atoms with van der Waals surface area (Å²) in [5.41, 5.74) is 2.00. The summed E-state index contributed by atoms with van der Waals surface area (Å²) in [6.45, 7) is 2.26. The van der Waals surface area contributed by atoms with E-state index in [-0.39, 0.29) is 11.0 Å². The van der Waals surface area contributed by atoms with Gasteiger partial charge < -0.3 is 15.4 Å². The molecule has 0 heterocycles.